The van der Waals surface area contributed by atoms with Gasteiger partial charge in [-0.15, -0.1) is 0 Å². The van der Waals surface area contributed by atoms with E-state index in [1.54, 1.807) is 10.9 Å². The zero-order valence-corrected chi connectivity index (χ0v) is 9.46. The Bertz CT molecular complexity index is 404. The van der Waals surface area contributed by atoms with Crippen LogP contribution in [0.2, 0.25) is 0 Å². The number of rotatable bonds is 2. The van der Waals surface area contributed by atoms with Gasteiger partial charge in [-0.25, -0.2) is 0 Å². The van der Waals surface area contributed by atoms with Crippen LogP contribution in [0.25, 0.3) is 0 Å². The molecule has 1 N–H and O–H groups in total. The van der Waals surface area contributed by atoms with E-state index in [0.717, 1.165) is 25.9 Å². The molecular formula is C9H14N4OS. The van der Waals surface area contributed by atoms with Crippen LogP contribution in [-0.4, -0.2) is 38.7 Å². The van der Waals surface area contributed by atoms with Crippen LogP contribution in [0.15, 0.2) is 6.33 Å². The molecule has 2 rings (SSSR count). The van der Waals surface area contributed by atoms with E-state index in [1.807, 2.05) is 11.8 Å². The Morgan fingerprint density at radius 3 is 2.80 bits per heavy atom. The lowest BCUT2D eigenvalue weighted by molar-refractivity contribution is -0.133. The van der Waals surface area contributed by atoms with Crippen LogP contribution in [0.4, 0.5) is 0 Å². The molecule has 0 bridgehead atoms. The molecule has 0 radical (unpaired) electrons. The van der Waals surface area contributed by atoms with Gasteiger partial charge in [0.15, 0.2) is 4.77 Å². The molecule has 15 heavy (non-hydrogen) atoms. The highest BCUT2D eigenvalue weighted by Gasteiger charge is 2.24. The molecule has 0 aromatic carbocycles. The topological polar surface area (TPSA) is 53.9 Å². The maximum Gasteiger partial charge on any atom is 0.245 e. The average molecular weight is 226 g/mol. The number of amides is 1. The number of hydrogen-bond acceptors (Lipinski definition) is 3. The number of carbonyl (C=O) groups excluding carboxylic acids is 1. The van der Waals surface area contributed by atoms with E-state index in [9.17, 15) is 4.79 Å². The van der Waals surface area contributed by atoms with E-state index in [2.05, 4.69) is 10.2 Å². The first-order valence-corrected chi connectivity index (χ1v) is 5.51. The number of H-pyrrole nitrogens is 1. The van der Waals surface area contributed by atoms with Crippen LogP contribution in [0.5, 0.6) is 0 Å². The van der Waals surface area contributed by atoms with Crippen LogP contribution in [0, 0.1) is 4.77 Å². The summed E-state index contributed by atoms with van der Waals surface area (Å²) in [5.41, 5.74) is 0. The van der Waals surface area contributed by atoms with Crippen molar-refractivity contribution in [3.63, 3.8) is 0 Å². The third kappa shape index (κ3) is 1.94. The highest BCUT2D eigenvalue weighted by Crippen LogP contribution is 2.15. The fraction of sp³-hybridized carbons (Fsp3) is 0.667. The molecule has 0 spiro atoms. The van der Waals surface area contributed by atoms with E-state index >= 15 is 0 Å². The number of hydrogen-bond donors (Lipinski definition) is 1. The Morgan fingerprint density at radius 1 is 1.60 bits per heavy atom. The molecule has 0 saturated carbocycles. The first-order valence-electron chi connectivity index (χ1n) is 5.10. The average Bonchev–Trinajstić information content (AvgIpc) is 2.85. The third-order valence-corrected chi connectivity index (χ3v) is 3.07. The SMILES string of the molecule is CC(C(=O)N1CCCC1)n1cn[nH]c1=S. The lowest BCUT2D eigenvalue weighted by Gasteiger charge is -2.20. The van der Waals surface area contributed by atoms with Crippen molar-refractivity contribution < 1.29 is 4.79 Å². The van der Waals surface area contributed by atoms with Gasteiger partial charge in [-0.1, -0.05) is 0 Å². The second-order valence-corrected chi connectivity index (χ2v) is 4.16. The summed E-state index contributed by atoms with van der Waals surface area (Å²) in [6, 6.07) is -0.255. The summed E-state index contributed by atoms with van der Waals surface area (Å²) in [6.07, 6.45) is 3.78. The number of aromatic nitrogens is 3. The molecular weight excluding hydrogens is 212 g/mol. The van der Waals surface area contributed by atoms with Crippen molar-refractivity contribution in [3.05, 3.63) is 11.1 Å². The standard InChI is InChI=1S/C9H14N4OS/c1-7(13-6-10-11-9(13)15)8(14)12-4-2-3-5-12/h6-7H,2-5H2,1H3,(H,11,15). The quantitative estimate of drug-likeness (QED) is 0.769. The maximum absolute atomic E-state index is 12.0. The van der Waals surface area contributed by atoms with Crippen molar-refractivity contribution in [1.82, 2.24) is 19.7 Å². The van der Waals surface area contributed by atoms with Gasteiger partial charge in [0.2, 0.25) is 5.91 Å². The van der Waals surface area contributed by atoms with Gasteiger partial charge in [0.1, 0.15) is 12.4 Å². The van der Waals surface area contributed by atoms with E-state index in [0.29, 0.717) is 4.77 Å². The summed E-state index contributed by atoms with van der Waals surface area (Å²) in [5.74, 6) is 0.130. The molecule has 1 aromatic heterocycles. The minimum absolute atomic E-state index is 0.130. The number of nitrogens with zero attached hydrogens (tertiary/aromatic N) is 3. The van der Waals surface area contributed by atoms with Gasteiger partial charge >= 0.3 is 0 Å². The lowest BCUT2D eigenvalue weighted by Crippen LogP contribution is -2.33. The van der Waals surface area contributed by atoms with Crippen molar-refractivity contribution in [2.24, 2.45) is 0 Å². The van der Waals surface area contributed by atoms with Gasteiger partial charge in [-0.05, 0) is 32.0 Å². The van der Waals surface area contributed by atoms with Crippen molar-refractivity contribution in [2.45, 2.75) is 25.8 Å². The summed E-state index contributed by atoms with van der Waals surface area (Å²) in [4.78, 5) is 13.9. The fourth-order valence-electron chi connectivity index (χ4n) is 1.85. The van der Waals surface area contributed by atoms with Crippen molar-refractivity contribution in [2.75, 3.05) is 13.1 Å². The van der Waals surface area contributed by atoms with Gasteiger partial charge in [-0.3, -0.25) is 14.5 Å². The van der Waals surface area contributed by atoms with E-state index in [-0.39, 0.29) is 11.9 Å². The molecule has 1 aliphatic rings. The largest absolute Gasteiger partial charge is 0.341 e. The second-order valence-electron chi connectivity index (χ2n) is 3.78. The summed E-state index contributed by atoms with van der Waals surface area (Å²) in [6.45, 7) is 3.59. The van der Waals surface area contributed by atoms with Gasteiger partial charge in [0.25, 0.3) is 0 Å². The minimum atomic E-state index is -0.255. The van der Waals surface area contributed by atoms with Crippen LogP contribution < -0.4 is 0 Å². The van der Waals surface area contributed by atoms with Gasteiger partial charge in [-0.2, -0.15) is 5.10 Å². The number of aromatic amines is 1. The molecule has 82 valence electrons. The molecule has 2 heterocycles. The number of nitrogens with one attached hydrogen (secondary N) is 1. The zero-order chi connectivity index (χ0) is 10.8. The summed E-state index contributed by atoms with van der Waals surface area (Å²) in [7, 11) is 0. The lowest BCUT2D eigenvalue weighted by atomic mass is 10.3. The first kappa shape index (κ1) is 10.4. The Labute approximate surface area is 93.1 Å². The highest BCUT2D eigenvalue weighted by atomic mass is 32.1. The van der Waals surface area contributed by atoms with Gasteiger partial charge in [0, 0.05) is 13.1 Å². The van der Waals surface area contributed by atoms with Gasteiger partial charge < -0.3 is 4.90 Å². The Balaban J connectivity index is 2.14. The smallest absolute Gasteiger partial charge is 0.245 e. The normalized spacial score (nSPS) is 18.1. The van der Waals surface area contributed by atoms with E-state index < -0.39 is 0 Å². The zero-order valence-electron chi connectivity index (χ0n) is 8.64. The maximum atomic E-state index is 12.0. The minimum Gasteiger partial charge on any atom is -0.341 e. The molecule has 1 saturated heterocycles. The molecule has 1 aromatic rings. The molecule has 5 nitrogen and oxygen atoms in total. The predicted octanol–water partition coefficient (Wildman–Crippen LogP) is 1.12. The highest BCUT2D eigenvalue weighted by molar-refractivity contribution is 7.71. The second kappa shape index (κ2) is 4.14. The molecule has 1 aliphatic heterocycles. The predicted molar refractivity (Wildman–Crippen MR) is 57.9 cm³/mol. The third-order valence-electron chi connectivity index (χ3n) is 2.77. The van der Waals surface area contributed by atoms with Crippen molar-refractivity contribution in [1.29, 1.82) is 0 Å². The first-order chi connectivity index (χ1) is 7.20. The molecule has 1 fully saturated rings. The summed E-state index contributed by atoms with van der Waals surface area (Å²) < 4.78 is 2.19. The summed E-state index contributed by atoms with van der Waals surface area (Å²) in [5, 5.41) is 6.47. The van der Waals surface area contributed by atoms with Crippen LogP contribution in [-0.2, 0) is 4.79 Å². The Hall–Kier alpha value is -1.17. The Morgan fingerprint density at radius 2 is 2.27 bits per heavy atom. The molecule has 1 atom stereocenters. The van der Waals surface area contributed by atoms with Crippen molar-refractivity contribution >= 4 is 18.1 Å². The van der Waals surface area contributed by atoms with E-state index in [4.69, 9.17) is 12.2 Å². The van der Waals surface area contributed by atoms with E-state index in [1.165, 1.54) is 0 Å². The van der Waals surface area contributed by atoms with Gasteiger partial charge in [0.05, 0.1) is 0 Å². The number of carbonyl (C=O) groups is 1. The molecule has 1 unspecified atom stereocenters. The van der Waals surface area contributed by atoms with Crippen LogP contribution in [0.1, 0.15) is 25.8 Å². The monoisotopic (exact) mass is 226 g/mol. The summed E-state index contributed by atoms with van der Waals surface area (Å²) >= 11 is 5.03. The number of likely N-dealkylation sites (tertiary alicyclic amines) is 1. The Kier molecular flexibility index (Phi) is 2.86. The van der Waals surface area contributed by atoms with Crippen LogP contribution >= 0.6 is 12.2 Å². The van der Waals surface area contributed by atoms with Crippen LogP contribution in [0.3, 0.4) is 0 Å². The molecule has 1 amide bonds. The van der Waals surface area contributed by atoms with Crippen molar-refractivity contribution in [3.8, 4) is 0 Å². The molecule has 0 aliphatic carbocycles. The fourth-order valence-corrected chi connectivity index (χ4v) is 2.11. The molecule has 6 heteroatoms.